The Morgan fingerprint density at radius 3 is 2.68 bits per heavy atom. The summed E-state index contributed by atoms with van der Waals surface area (Å²) in [5.74, 6) is 1.44. The third kappa shape index (κ3) is 5.31. The Hall–Kier alpha value is -2.31. The van der Waals surface area contributed by atoms with Gasteiger partial charge in [-0.05, 0) is 56.2 Å². The molecule has 1 fully saturated rings. The average Bonchev–Trinajstić information content (AvgIpc) is 2.65. The van der Waals surface area contributed by atoms with Crippen LogP contribution < -0.4 is 4.74 Å². The Morgan fingerprint density at radius 2 is 1.97 bits per heavy atom. The smallest absolute Gasteiger partial charge is 0.294 e. The number of nitrogens with zero attached hydrogens (tertiary/aromatic N) is 1. The molecule has 0 aromatic heterocycles. The first-order valence-electron chi connectivity index (χ1n) is 11.4. The number of fused-ring (bicyclic) bond motifs is 3. The summed E-state index contributed by atoms with van der Waals surface area (Å²) in [5.41, 5.74) is 1.29. The molecule has 0 spiro atoms. The zero-order chi connectivity index (χ0) is 22.8. The van der Waals surface area contributed by atoms with Gasteiger partial charge in [0.25, 0.3) is 5.09 Å². The lowest BCUT2D eigenvalue weighted by Gasteiger charge is -2.47. The van der Waals surface area contributed by atoms with Gasteiger partial charge < -0.3 is 14.7 Å². The number of benzene rings is 1. The monoisotopic (exact) mass is 433 g/mol. The minimum absolute atomic E-state index is 0.0125. The lowest BCUT2D eigenvalue weighted by atomic mass is 9.66. The quantitative estimate of drug-likeness (QED) is 0.316. The lowest BCUT2D eigenvalue weighted by Crippen LogP contribution is -2.47. The molecule has 31 heavy (non-hydrogen) atoms. The molecule has 0 saturated heterocycles. The first-order chi connectivity index (χ1) is 14.5. The highest BCUT2D eigenvalue weighted by molar-refractivity contribution is 5.81. The summed E-state index contributed by atoms with van der Waals surface area (Å²) in [6, 6.07) is 3.90. The van der Waals surface area contributed by atoms with Crippen molar-refractivity contribution >= 4 is 5.78 Å². The Kier molecular flexibility index (Phi) is 6.82. The minimum Gasteiger partial charge on any atom is -0.508 e. The largest absolute Gasteiger partial charge is 0.508 e. The lowest BCUT2D eigenvalue weighted by molar-refractivity contribution is -0.757. The molecular formula is C24H35NO6. The van der Waals surface area contributed by atoms with E-state index in [-0.39, 0.29) is 41.0 Å². The highest BCUT2D eigenvalue weighted by Gasteiger charge is 2.47. The average molecular weight is 434 g/mol. The second-order valence-corrected chi connectivity index (χ2v) is 10.2. The second kappa shape index (κ2) is 9.05. The molecule has 7 heteroatoms. The van der Waals surface area contributed by atoms with Crippen molar-refractivity contribution in [3.63, 3.8) is 0 Å². The Balaban J connectivity index is 1.70. The number of carbonyl (C=O) groups is 1. The number of rotatable bonds is 9. The van der Waals surface area contributed by atoms with Gasteiger partial charge in [-0.1, -0.05) is 33.1 Å². The predicted octanol–water partition coefficient (Wildman–Crippen LogP) is 5.45. The number of ketones is 1. The molecular weight excluding hydrogens is 398 g/mol. The number of phenolic OH excluding ortho intramolecular Hbond substituents is 1. The number of ether oxygens (including phenoxy) is 1. The van der Waals surface area contributed by atoms with Crippen molar-refractivity contribution in [2.24, 2.45) is 5.92 Å². The molecule has 0 amide bonds. The zero-order valence-corrected chi connectivity index (χ0v) is 19.1. The number of hydrogen-bond acceptors (Lipinski definition) is 6. The molecule has 3 rings (SSSR count). The Bertz CT molecular complexity index is 832. The molecule has 7 nitrogen and oxygen atoms in total. The Labute approximate surface area is 184 Å². The summed E-state index contributed by atoms with van der Waals surface area (Å²) in [7, 11) is 0. The molecule has 2 aliphatic rings. The van der Waals surface area contributed by atoms with Gasteiger partial charge >= 0.3 is 0 Å². The zero-order valence-electron chi connectivity index (χ0n) is 19.1. The maximum Gasteiger partial charge on any atom is 0.294 e. The van der Waals surface area contributed by atoms with Gasteiger partial charge in [0.2, 0.25) is 0 Å². The van der Waals surface area contributed by atoms with Crippen LogP contribution in [0.1, 0.15) is 96.1 Å². The summed E-state index contributed by atoms with van der Waals surface area (Å²) >= 11 is 0. The molecule has 1 heterocycles. The number of phenols is 1. The van der Waals surface area contributed by atoms with E-state index in [2.05, 4.69) is 38.6 Å². The fourth-order valence-corrected chi connectivity index (χ4v) is 5.27. The first-order valence-corrected chi connectivity index (χ1v) is 11.4. The van der Waals surface area contributed by atoms with E-state index in [0.29, 0.717) is 25.0 Å². The molecule has 1 aliphatic carbocycles. The SMILES string of the molecule is CC(C)(CCCCCCO[N+](=O)[O-])c1cc(O)c2c(c1)OC(C)(C)[C@H]1CCC(=O)C[C@@H]21. The van der Waals surface area contributed by atoms with E-state index in [1.807, 2.05) is 6.07 Å². The van der Waals surface area contributed by atoms with E-state index in [4.69, 9.17) is 4.74 Å². The van der Waals surface area contributed by atoms with E-state index in [0.717, 1.165) is 43.2 Å². The van der Waals surface area contributed by atoms with Crippen LogP contribution in [0.3, 0.4) is 0 Å². The van der Waals surface area contributed by atoms with Gasteiger partial charge in [0.05, 0.1) is 6.61 Å². The fraction of sp³-hybridized carbons (Fsp3) is 0.708. The number of Topliss-reactive ketones (excluding diaryl/α,β-unsaturated/α-hetero) is 1. The van der Waals surface area contributed by atoms with Gasteiger partial charge in [0, 0.05) is 30.2 Å². The number of aromatic hydroxyl groups is 1. The topological polar surface area (TPSA) is 98.9 Å². The maximum atomic E-state index is 12.2. The van der Waals surface area contributed by atoms with Gasteiger partial charge in [-0.15, -0.1) is 10.1 Å². The van der Waals surface area contributed by atoms with Crippen LogP contribution >= 0.6 is 0 Å². The predicted molar refractivity (Wildman–Crippen MR) is 117 cm³/mol. The van der Waals surface area contributed by atoms with Crippen LogP contribution in [0.2, 0.25) is 0 Å². The van der Waals surface area contributed by atoms with Gasteiger partial charge in [-0.2, -0.15) is 0 Å². The minimum atomic E-state index is -0.750. The van der Waals surface area contributed by atoms with Gasteiger partial charge in [-0.3, -0.25) is 4.79 Å². The summed E-state index contributed by atoms with van der Waals surface area (Å²) in [6.07, 6.45) is 6.30. The van der Waals surface area contributed by atoms with E-state index in [1.54, 1.807) is 0 Å². The van der Waals surface area contributed by atoms with E-state index in [1.165, 1.54) is 0 Å². The number of hydrogen-bond donors (Lipinski definition) is 1. The summed E-state index contributed by atoms with van der Waals surface area (Å²) in [5, 5.41) is 20.4. The number of carbonyl (C=O) groups excluding carboxylic acids is 1. The second-order valence-electron chi connectivity index (χ2n) is 10.2. The van der Waals surface area contributed by atoms with Gasteiger partial charge in [0.1, 0.15) is 22.9 Å². The normalized spacial score (nSPS) is 22.3. The molecule has 1 aromatic rings. The summed E-state index contributed by atoms with van der Waals surface area (Å²) in [4.78, 5) is 26.7. The molecule has 0 bridgehead atoms. The van der Waals surface area contributed by atoms with Crippen LogP contribution in [-0.4, -0.2) is 28.2 Å². The van der Waals surface area contributed by atoms with Crippen LogP contribution in [0.4, 0.5) is 0 Å². The van der Waals surface area contributed by atoms with Crippen LogP contribution in [0.25, 0.3) is 0 Å². The third-order valence-electron chi connectivity index (χ3n) is 7.10. The van der Waals surface area contributed by atoms with Crippen LogP contribution in [0.15, 0.2) is 12.1 Å². The van der Waals surface area contributed by atoms with Crippen LogP contribution in [0, 0.1) is 16.0 Å². The van der Waals surface area contributed by atoms with Gasteiger partial charge in [0.15, 0.2) is 0 Å². The van der Waals surface area contributed by atoms with E-state index >= 15 is 0 Å². The molecule has 172 valence electrons. The highest BCUT2D eigenvalue weighted by Crippen LogP contribution is 2.54. The van der Waals surface area contributed by atoms with Crippen molar-refractivity contribution in [1.82, 2.24) is 0 Å². The summed E-state index contributed by atoms with van der Waals surface area (Å²) < 4.78 is 6.39. The Morgan fingerprint density at radius 1 is 1.26 bits per heavy atom. The van der Waals surface area contributed by atoms with Crippen molar-refractivity contribution in [3.8, 4) is 11.5 Å². The molecule has 0 radical (unpaired) electrons. The van der Waals surface area contributed by atoms with Crippen molar-refractivity contribution in [2.45, 2.75) is 96.0 Å². The van der Waals surface area contributed by atoms with Crippen molar-refractivity contribution in [1.29, 1.82) is 0 Å². The van der Waals surface area contributed by atoms with Crippen LogP contribution in [0.5, 0.6) is 11.5 Å². The standard InChI is InChI=1S/C24H35NO6/c1-23(2,11-7-5-6-8-12-30-25(28)29)16-13-20(27)22-18-15-17(26)9-10-19(18)24(3,4)31-21(22)14-16/h13-14,18-19,27H,5-12,15H2,1-4H3/t18-,19+/m1/s1. The molecule has 2 atom stereocenters. The molecule has 1 N–H and O–H groups in total. The molecule has 0 unspecified atom stereocenters. The summed E-state index contributed by atoms with van der Waals surface area (Å²) in [6.45, 7) is 8.63. The van der Waals surface area contributed by atoms with Crippen molar-refractivity contribution in [2.75, 3.05) is 6.61 Å². The third-order valence-corrected chi connectivity index (χ3v) is 7.10. The highest BCUT2D eigenvalue weighted by atomic mass is 16.9. The van der Waals surface area contributed by atoms with Crippen LogP contribution in [-0.2, 0) is 15.0 Å². The van der Waals surface area contributed by atoms with E-state index < -0.39 is 5.09 Å². The van der Waals surface area contributed by atoms with E-state index in [9.17, 15) is 20.0 Å². The fourth-order valence-electron chi connectivity index (χ4n) is 5.27. The van der Waals surface area contributed by atoms with Gasteiger partial charge in [-0.25, -0.2) is 0 Å². The maximum absolute atomic E-state index is 12.2. The first kappa shape index (κ1) is 23.4. The van der Waals surface area contributed by atoms with Crippen molar-refractivity contribution < 1.29 is 24.6 Å². The molecule has 1 aliphatic heterocycles. The molecule has 1 aromatic carbocycles. The number of unbranched alkanes of at least 4 members (excludes halogenated alkanes) is 3. The van der Waals surface area contributed by atoms with Crippen molar-refractivity contribution in [3.05, 3.63) is 33.4 Å². The molecule has 1 saturated carbocycles.